The van der Waals surface area contributed by atoms with Crippen LogP contribution in [0.3, 0.4) is 0 Å². The molecule has 0 heterocycles. The Balaban J connectivity index is 0. The van der Waals surface area contributed by atoms with E-state index in [1.54, 1.807) is 51.1 Å². The standard InChI is InChI=1S/C14H18O4.K.Li/c1-13(2,3)14(11(15)16,12(17)18)9-10-7-5-4-6-8-10;;/h4-8H,9H2,1-3H3,(H,15,16)(H,17,18);;/q;2*+1/p-2. The minimum atomic E-state index is -2.05. The Kier molecular flexibility index (Phi) is 9.91. The number of carboxylic acid groups (broad SMARTS) is 2. The van der Waals surface area contributed by atoms with Gasteiger partial charge in [0.1, 0.15) is 0 Å². The predicted octanol–water partition coefficient (Wildman–Crippen LogP) is -6.23. The number of hydrogen-bond donors (Lipinski definition) is 0. The number of rotatable bonds is 4. The van der Waals surface area contributed by atoms with E-state index in [-0.39, 0.29) is 76.7 Å². The third-order valence-electron chi connectivity index (χ3n) is 3.29. The summed E-state index contributed by atoms with van der Waals surface area (Å²) in [5.41, 5.74) is -2.43. The second-order valence-electron chi connectivity index (χ2n) is 5.39. The maximum absolute atomic E-state index is 11.4. The van der Waals surface area contributed by atoms with Crippen LogP contribution in [0, 0.1) is 10.8 Å². The van der Waals surface area contributed by atoms with Gasteiger partial charge in [0.25, 0.3) is 0 Å². The molecular weight excluding hydrogens is 278 g/mol. The van der Waals surface area contributed by atoms with Crippen LogP contribution in [0.1, 0.15) is 26.3 Å². The molecule has 0 saturated carbocycles. The zero-order valence-corrected chi connectivity index (χ0v) is 15.8. The van der Waals surface area contributed by atoms with Gasteiger partial charge in [0.2, 0.25) is 0 Å². The van der Waals surface area contributed by atoms with Gasteiger partial charge in [-0.25, -0.2) is 0 Å². The van der Waals surface area contributed by atoms with Crippen molar-refractivity contribution >= 4 is 11.9 Å². The number of aliphatic carboxylic acids is 2. The quantitative estimate of drug-likeness (QED) is 0.409. The van der Waals surface area contributed by atoms with Crippen LogP contribution in [0.5, 0.6) is 0 Å². The van der Waals surface area contributed by atoms with E-state index < -0.39 is 22.8 Å². The van der Waals surface area contributed by atoms with Crippen LogP contribution in [0.25, 0.3) is 0 Å². The van der Waals surface area contributed by atoms with Crippen molar-refractivity contribution in [2.75, 3.05) is 0 Å². The first kappa shape index (κ1) is 22.7. The van der Waals surface area contributed by atoms with E-state index >= 15 is 0 Å². The van der Waals surface area contributed by atoms with Crippen molar-refractivity contribution in [3.63, 3.8) is 0 Å². The Morgan fingerprint density at radius 3 is 1.70 bits per heavy atom. The number of benzene rings is 1. The van der Waals surface area contributed by atoms with Crippen LogP contribution in [0.2, 0.25) is 0 Å². The van der Waals surface area contributed by atoms with Crippen LogP contribution >= 0.6 is 0 Å². The average Bonchev–Trinajstić information content (AvgIpc) is 2.24. The van der Waals surface area contributed by atoms with E-state index in [1.165, 1.54) is 0 Å². The Morgan fingerprint density at radius 1 is 1.00 bits per heavy atom. The molecular formula is C14H16KLiO4. The fourth-order valence-corrected chi connectivity index (χ4v) is 2.01. The predicted molar refractivity (Wildman–Crippen MR) is 62.0 cm³/mol. The maximum Gasteiger partial charge on any atom is 1.00 e. The Hall–Kier alpha value is 0.394. The van der Waals surface area contributed by atoms with Crippen molar-refractivity contribution < 1.29 is 90.0 Å². The van der Waals surface area contributed by atoms with Crippen molar-refractivity contribution in [3.8, 4) is 0 Å². The molecule has 0 aromatic heterocycles. The summed E-state index contributed by atoms with van der Waals surface area (Å²) in [6, 6.07) is 8.61. The minimum Gasteiger partial charge on any atom is -0.549 e. The molecule has 0 aliphatic heterocycles. The van der Waals surface area contributed by atoms with Crippen LogP contribution in [-0.4, -0.2) is 11.9 Å². The van der Waals surface area contributed by atoms with Gasteiger partial charge in [-0.15, -0.1) is 0 Å². The first-order valence-electron chi connectivity index (χ1n) is 5.68. The molecule has 0 amide bonds. The summed E-state index contributed by atoms with van der Waals surface area (Å²) < 4.78 is 0. The molecule has 0 atom stereocenters. The molecule has 0 spiro atoms. The molecule has 98 valence electrons. The molecule has 4 nitrogen and oxygen atoms in total. The van der Waals surface area contributed by atoms with Gasteiger partial charge in [-0.1, -0.05) is 51.1 Å². The summed E-state index contributed by atoms with van der Waals surface area (Å²) >= 11 is 0. The van der Waals surface area contributed by atoms with Crippen molar-refractivity contribution in [2.45, 2.75) is 27.2 Å². The van der Waals surface area contributed by atoms with E-state index in [4.69, 9.17) is 0 Å². The Bertz CT molecular complexity index is 440. The van der Waals surface area contributed by atoms with Gasteiger partial charge in [0, 0.05) is 0 Å². The zero-order chi connectivity index (χ0) is 14.0. The number of carboxylic acids is 2. The summed E-state index contributed by atoms with van der Waals surface area (Å²) in [6.45, 7) is 4.67. The summed E-state index contributed by atoms with van der Waals surface area (Å²) in [5.74, 6) is -3.22. The summed E-state index contributed by atoms with van der Waals surface area (Å²) in [7, 11) is 0. The monoisotopic (exact) mass is 294 g/mol. The second kappa shape index (κ2) is 8.74. The molecule has 0 saturated heterocycles. The van der Waals surface area contributed by atoms with Crippen molar-refractivity contribution in [2.24, 2.45) is 10.8 Å². The molecule has 1 aromatic rings. The van der Waals surface area contributed by atoms with Gasteiger partial charge >= 0.3 is 70.2 Å². The molecule has 0 aliphatic rings. The van der Waals surface area contributed by atoms with E-state index in [0.29, 0.717) is 5.56 Å². The normalized spacial score (nSPS) is 10.9. The van der Waals surface area contributed by atoms with Crippen LogP contribution in [-0.2, 0) is 16.0 Å². The van der Waals surface area contributed by atoms with E-state index in [0.717, 1.165) is 0 Å². The molecule has 0 aliphatic carbocycles. The second-order valence-corrected chi connectivity index (χ2v) is 5.39. The number of carbonyl (C=O) groups excluding carboxylic acids is 2. The number of carbonyl (C=O) groups is 2. The average molecular weight is 294 g/mol. The first-order valence-corrected chi connectivity index (χ1v) is 5.68. The SMILES string of the molecule is CC(C)(C)C(Cc1ccccc1)(C(=O)[O-])C(=O)[O-].[K+].[Li+]. The van der Waals surface area contributed by atoms with Crippen molar-refractivity contribution in [3.05, 3.63) is 35.9 Å². The smallest absolute Gasteiger partial charge is 0.549 e. The Labute approximate surface area is 173 Å². The summed E-state index contributed by atoms with van der Waals surface area (Å²) in [4.78, 5) is 22.8. The molecule has 20 heavy (non-hydrogen) atoms. The zero-order valence-electron chi connectivity index (χ0n) is 12.7. The van der Waals surface area contributed by atoms with E-state index in [1.807, 2.05) is 0 Å². The van der Waals surface area contributed by atoms with Gasteiger partial charge < -0.3 is 19.8 Å². The van der Waals surface area contributed by atoms with Crippen molar-refractivity contribution in [1.82, 2.24) is 0 Å². The fourth-order valence-electron chi connectivity index (χ4n) is 2.01. The first-order chi connectivity index (χ1) is 8.22. The number of hydrogen-bond acceptors (Lipinski definition) is 4. The summed E-state index contributed by atoms with van der Waals surface area (Å²) in [6.07, 6.45) is -0.151. The topological polar surface area (TPSA) is 80.3 Å². The summed E-state index contributed by atoms with van der Waals surface area (Å²) in [5, 5.41) is 22.8. The molecule has 0 N–H and O–H groups in total. The Morgan fingerprint density at radius 2 is 1.40 bits per heavy atom. The van der Waals surface area contributed by atoms with Gasteiger partial charge in [0.05, 0.1) is 17.4 Å². The van der Waals surface area contributed by atoms with Gasteiger partial charge in [-0.05, 0) is 17.4 Å². The van der Waals surface area contributed by atoms with Gasteiger partial charge in [-0.2, -0.15) is 0 Å². The molecule has 0 fully saturated rings. The molecule has 1 aromatic carbocycles. The van der Waals surface area contributed by atoms with Crippen LogP contribution < -0.4 is 80.5 Å². The molecule has 1 rings (SSSR count). The maximum atomic E-state index is 11.4. The molecule has 0 bridgehead atoms. The minimum absolute atomic E-state index is 0. The van der Waals surface area contributed by atoms with E-state index in [2.05, 4.69) is 0 Å². The van der Waals surface area contributed by atoms with Gasteiger partial charge in [-0.3, -0.25) is 0 Å². The van der Waals surface area contributed by atoms with Crippen LogP contribution in [0.4, 0.5) is 0 Å². The largest absolute Gasteiger partial charge is 1.00 e. The molecule has 0 unspecified atom stereocenters. The third kappa shape index (κ3) is 4.70. The molecule has 6 heteroatoms. The fraction of sp³-hybridized carbons (Fsp3) is 0.429. The molecule has 0 radical (unpaired) electrons. The van der Waals surface area contributed by atoms with E-state index in [9.17, 15) is 19.8 Å². The van der Waals surface area contributed by atoms with Gasteiger partial charge in [0.15, 0.2) is 0 Å². The van der Waals surface area contributed by atoms with Crippen LogP contribution in [0.15, 0.2) is 30.3 Å². The third-order valence-corrected chi connectivity index (χ3v) is 3.29. The van der Waals surface area contributed by atoms with Crippen molar-refractivity contribution in [1.29, 1.82) is 0 Å².